The smallest absolute Gasteiger partial charge is 0.325 e. The molecule has 1 aromatic heterocycles. The van der Waals surface area contributed by atoms with Gasteiger partial charge in [-0.25, -0.2) is 9.78 Å². The van der Waals surface area contributed by atoms with Gasteiger partial charge in [0, 0.05) is 22.1 Å². The molecule has 1 saturated carbocycles. The van der Waals surface area contributed by atoms with Gasteiger partial charge in [0.25, 0.3) is 0 Å². The Hall–Kier alpha value is -2.12. The number of halogens is 1. The molecule has 0 unspecified atom stereocenters. The summed E-state index contributed by atoms with van der Waals surface area (Å²) in [4.78, 5) is 27.8. The molecule has 1 fully saturated rings. The van der Waals surface area contributed by atoms with Gasteiger partial charge in [0.1, 0.15) is 0 Å². The van der Waals surface area contributed by atoms with Crippen LogP contribution in [0.1, 0.15) is 18.5 Å². The maximum absolute atomic E-state index is 11.9. The lowest BCUT2D eigenvalue weighted by Gasteiger charge is -2.05. The predicted octanol–water partition coefficient (Wildman–Crippen LogP) is 3.26. The van der Waals surface area contributed by atoms with Gasteiger partial charge in [-0.15, -0.1) is 11.3 Å². The Kier molecular flexibility index (Phi) is 4.78. The lowest BCUT2D eigenvalue weighted by atomic mass is 10.3. The number of nitrogens with one attached hydrogen (secondary N) is 3. The summed E-state index contributed by atoms with van der Waals surface area (Å²) in [5, 5.41) is 11.0. The Morgan fingerprint density at radius 3 is 2.87 bits per heavy atom. The second-order valence-electron chi connectivity index (χ2n) is 5.25. The highest BCUT2D eigenvalue weighted by Crippen LogP contribution is 2.20. The Bertz CT molecular complexity index is 730. The number of thiazole rings is 1. The largest absolute Gasteiger partial charge is 0.353 e. The van der Waals surface area contributed by atoms with Crippen LogP contribution < -0.4 is 16.0 Å². The maximum Gasteiger partial charge on any atom is 0.325 e. The number of anilines is 2. The number of rotatable bonds is 5. The van der Waals surface area contributed by atoms with Crippen LogP contribution in [-0.2, 0) is 11.2 Å². The average Bonchev–Trinajstić information content (AvgIpc) is 3.18. The molecule has 1 heterocycles. The van der Waals surface area contributed by atoms with Crippen molar-refractivity contribution in [2.45, 2.75) is 25.3 Å². The van der Waals surface area contributed by atoms with Gasteiger partial charge in [-0.2, -0.15) is 0 Å². The summed E-state index contributed by atoms with van der Waals surface area (Å²) < 4.78 is 0. The predicted molar refractivity (Wildman–Crippen MR) is 91.1 cm³/mol. The fraction of sp³-hybridized carbons (Fsp3) is 0.267. The number of amides is 3. The number of benzene rings is 1. The van der Waals surface area contributed by atoms with Crippen LogP contribution in [0.25, 0.3) is 0 Å². The van der Waals surface area contributed by atoms with Crippen LogP contribution in [0.2, 0.25) is 5.02 Å². The first-order chi connectivity index (χ1) is 11.1. The fourth-order valence-corrected chi connectivity index (χ4v) is 2.84. The van der Waals surface area contributed by atoms with Crippen LogP contribution in [0.5, 0.6) is 0 Å². The zero-order valence-corrected chi connectivity index (χ0v) is 13.7. The molecule has 6 nitrogen and oxygen atoms in total. The first-order valence-electron chi connectivity index (χ1n) is 7.16. The Morgan fingerprint density at radius 1 is 1.30 bits per heavy atom. The molecule has 0 saturated heterocycles. The second kappa shape index (κ2) is 6.97. The number of carbonyl (C=O) groups excluding carboxylic acids is 2. The number of aromatic nitrogens is 1. The zero-order chi connectivity index (χ0) is 16.2. The van der Waals surface area contributed by atoms with E-state index in [9.17, 15) is 9.59 Å². The number of hydrogen-bond donors (Lipinski definition) is 3. The van der Waals surface area contributed by atoms with Crippen LogP contribution >= 0.6 is 22.9 Å². The highest BCUT2D eigenvalue weighted by Gasteiger charge is 2.23. The molecule has 0 bridgehead atoms. The van der Waals surface area contributed by atoms with E-state index in [0.29, 0.717) is 27.6 Å². The summed E-state index contributed by atoms with van der Waals surface area (Å²) in [7, 11) is 0. The minimum atomic E-state index is -0.407. The van der Waals surface area contributed by atoms with Gasteiger partial charge in [0.05, 0.1) is 12.1 Å². The van der Waals surface area contributed by atoms with Crippen molar-refractivity contribution in [1.29, 1.82) is 0 Å². The fourth-order valence-electron chi connectivity index (χ4n) is 1.94. The van der Waals surface area contributed by atoms with E-state index in [1.165, 1.54) is 11.3 Å². The van der Waals surface area contributed by atoms with E-state index >= 15 is 0 Å². The Morgan fingerprint density at radius 2 is 2.13 bits per heavy atom. The summed E-state index contributed by atoms with van der Waals surface area (Å²) in [6, 6.07) is 6.79. The summed E-state index contributed by atoms with van der Waals surface area (Å²) >= 11 is 7.14. The summed E-state index contributed by atoms with van der Waals surface area (Å²) in [6.45, 7) is 0. The van der Waals surface area contributed by atoms with Gasteiger partial charge in [-0.3, -0.25) is 10.1 Å². The first-order valence-corrected chi connectivity index (χ1v) is 8.41. The molecule has 120 valence electrons. The molecular formula is C15H15ClN4O2S. The third kappa shape index (κ3) is 4.94. The Labute approximate surface area is 142 Å². The third-order valence-electron chi connectivity index (χ3n) is 3.14. The molecule has 3 rings (SSSR count). The molecule has 0 radical (unpaired) electrons. The molecule has 3 N–H and O–H groups in total. The molecule has 3 amide bonds. The highest BCUT2D eigenvalue weighted by molar-refractivity contribution is 7.14. The molecule has 1 aliphatic rings. The first kappa shape index (κ1) is 15.8. The monoisotopic (exact) mass is 350 g/mol. The van der Waals surface area contributed by atoms with E-state index in [1.54, 1.807) is 29.6 Å². The van der Waals surface area contributed by atoms with Crippen LogP contribution in [0.3, 0.4) is 0 Å². The molecular weight excluding hydrogens is 336 g/mol. The third-order valence-corrected chi connectivity index (χ3v) is 4.18. The van der Waals surface area contributed by atoms with Crippen molar-refractivity contribution in [2.24, 2.45) is 0 Å². The standard InChI is InChI=1S/C15H15ClN4O2S/c16-9-2-1-3-11(6-9)18-14(22)20-15-19-12(8-23-15)7-13(21)17-10-4-5-10/h1-3,6,8,10H,4-5,7H2,(H,17,21)(H2,18,19,20,22). The van der Waals surface area contributed by atoms with Crippen molar-refractivity contribution in [2.75, 3.05) is 10.6 Å². The van der Waals surface area contributed by atoms with E-state index in [0.717, 1.165) is 12.8 Å². The second-order valence-corrected chi connectivity index (χ2v) is 6.55. The van der Waals surface area contributed by atoms with Crippen molar-refractivity contribution in [1.82, 2.24) is 10.3 Å². The molecule has 0 aliphatic heterocycles. The summed E-state index contributed by atoms with van der Waals surface area (Å²) in [5.74, 6) is -0.0345. The molecule has 0 atom stereocenters. The molecule has 1 aromatic carbocycles. The molecule has 2 aromatic rings. The van der Waals surface area contributed by atoms with Gasteiger partial charge >= 0.3 is 6.03 Å². The van der Waals surface area contributed by atoms with Gasteiger partial charge in [0.15, 0.2) is 5.13 Å². The molecule has 1 aliphatic carbocycles. The lowest BCUT2D eigenvalue weighted by Crippen LogP contribution is -2.27. The minimum Gasteiger partial charge on any atom is -0.353 e. The van der Waals surface area contributed by atoms with Crippen molar-refractivity contribution in [3.05, 3.63) is 40.4 Å². The van der Waals surface area contributed by atoms with Gasteiger partial charge in [-0.05, 0) is 31.0 Å². The zero-order valence-electron chi connectivity index (χ0n) is 12.1. The lowest BCUT2D eigenvalue weighted by molar-refractivity contribution is -0.120. The summed E-state index contributed by atoms with van der Waals surface area (Å²) in [5.41, 5.74) is 1.24. The molecule has 8 heteroatoms. The van der Waals surface area contributed by atoms with Crippen LogP contribution in [0.15, 0.2) is 29.6 Å². The number of nitrogens with zero attached hydrogens (tertiary/aromatic N) is 1. The van der Waals surface area contributed by atoms with Crippen molar-refractivity contribution >= 4 is 45.7 Å². The van der Waals surface area contributed by atoms with Crippen LogP contribution in [0, 0.1) is 0 Å². The van der Waals surface area contributed by atoms with Crippen LogP contribution in [-0.4, -0.2) is 23.0 Å². The Balaban J connectivity index is 1.51. The van der Waals surface area contributed by atoms with Gasteiger partial charge < -0.3 is 10.6 Å². The number of carbonyl (C=O) groups is 2. The quantitative estimate of drug-likeness (QED) is 0.774. The highest BCUT2D eigenvalue weighted by atomic mass is 35.5. The van der Waals surface area contributed by atoms with Crippen LogP contribution in [0.4, 0.5) is 15.6 Å². The van der Waals surface area contributed by atoms with Crippen molar-refractivity contribution in [3.8, 4) is 0 Å². The van der Waals surface area contributed by atoms with E-state index in [2.05, 4.69) is 20.9 Å². The van der Waals surface area contributed by atoms with Crippen molar-refractivity contribution < 1.29 is 9.59 Å². The average molecular weight is 351 g/mol. The van der Waals surface area contributed by atoms with Crippen molar-refractivity contribution in [3.63, 3.8) is 0 Å². The van der Waals surface area contributed by atoms with Gasteiger partial charge in [0.2, 0.25) is 5.91 Å². The minimum absolute atomic E-state index is 0.0345. The maximum atomic E-state index is 11.9. The molecule has 23 heavy (non-hydrogen) atoms. The topological polar surface area (TPSA) is 83.1 Å². The summed E-state index contributed by atoms with van der Waals surface area (Å²) in [6.07, 6.45) is 2.34. The SMILES string of the molecule is O=C(Cc1csc(NC(=O)Nc2cccc(Cl)c2)n1)NC1CC1. The molecule has 0 spiro atoms. The van der Waals surface area contributed by atoms with E-state index in [1.807, 2.05) is 0 Å². The van der Waals surface area contributed by atoms with E-state index < -0.39 is 6.03 Å². The number of urea groups is 1. The van der Waals surface area contributed by atoms with Gasteiger partial charge in [-0.1, -0.05) is 17.7 Å². The normalized spacial score (nSPS) is 13.4. The van der Waals surface area contributed by atoms with E-state index in [4.69, 9.17) is 11.6 Å². The number of hydrogen-bond acceptors (Lipinski definition) is 4. The van der Waals surface area contributed by atoms with E-state index in [-0.39, 0.29) is 12.3 Å².